The van der Waals surface area contributed by atoms with E-state index < -0.39 is 0 Å². The van der Waals surface area contributed by atoms with E-state index in [-0.39, 0.29) is 12.1 Å². The van der Waals surface area contributed by atoms with E-state index in [1.54, 1.807) is 4.68 Å². The third kappa shape index (κ3) is 3.76. The van der Waals surface area contributed by atoms with Crippen LogP contribution in [-0.2, 0) is 7.05 Å². The van der Waals surface area contributed by atoms with Crippen LogP contribution in [0.2, 0.25) is 0 Å². The Morgan fingerprint density at radius 1 is 0.867 bits per heavy atom. The van der Waals surface area contributed by atoms with Crippen molar-refractivity contribution in [1.82, 2.24) is 29.5 Å². The highest BCUT2D eigenvalue weighted by Gasteiger charge is 2.22. The van der Waals surface area contributed by atoms with Crippen LogP contribution in [0.5, 0.6) is 0 Å². The molecule has 1 aliphatic carbocycles. The van der Waals surface area contributed by atoms with Gasteiger partial charge in [0.1, 0.15) is 0 Å². The third-order valence-corrected chi connectivity index (χ3v) is 5.74. The van der Waals surface area contributed by atoms with Crippen molar-refractivity contribution in [2.75, 3.05) is 0 Å². The molecule has 7 heteroatoms. The summed E-state index contributed by atoms with van der Waals surface area (Å²) < 4.78 is 3.77. The summed E-state index contributed by atoms with van der Waals surface area (Å²) in [6.07, 6.45) is 14.9. The fourth-order valence-electron chi connectivity index (χ4n) is 4.10. The SMILES string of the molecule is Cn1cc(-c2cccc(-c3ncc(-c4cnn([C@@H]5CCC[C@@H](O)C5)c4)cn3)c2)cn1. The van der Waals surface area contributed by atoms with Gasteiger partial charge in [-0.05, 0) is 37.3 Å². The van der Waals surface area contributed by atoms with Crippen LogP contribution in [0.15, 0.2) is 61.4 Å². The van der Waals surface area contributed by atoms with Crippen LogP contribution in [0.3, 0.4) is 0 Å². The lowest BCUT2D eigenvalue weighted by molar-refractivity contribution is 0.100. The highest BCUT2D eigenvalue weighted by atomic mass is 16.3. The second-order valence-electron chi connectivity index (χ2n) is 7.96. The molecular formula is C23H24N6O. The summed E-state index contributed by atoms with van der Waals surface area (Å²) in [7, 11) is 1.91. The van der Waals surface area contributed by atoms with Gasteiger partial charge in [-0.25, -0.2) is 9.97 Å². The van der Waals surface area contributed by atoms with E-state index in [1.807, 2.05) is 61.0 Å². The Morgan fingerprint density at radius 3 is 2.40 bits per heavy atom. The van der Waals surface area contributed by atoms with Gasteiger partial charge in [-0.15, -0.1) is 0 Å². The van der Waals surface area contributed by atoms with Crippen LogP contribution >= 0.6 is 0 Å². The van der Waals surface area contributed by atoms with Gasteiger partial charge in [-0.3, -0.25) is 9.36 Å². The largest absolute Gasteiger partial charge is 0.393 e. The van der Waals surface area contributed by atoms with Crippen molar-refractivity contribution < 1.29 is 5.11 Å². The van der Waals surface area contributed by atoms with Gasteiger partial charge in [0.15, 0.2) is 5.82 Å². The first-order chi connectivity index (χ1) is 14.7. The molecule has 1 fully saturated rings. The van der Waals surface area contributed by atoms with Crippen LogP contribution in [0.25, 0.3) is 33.6 Å². The molecule has 3 heterocycles. The lowest BCUT2D eigenvalue weighted by Crippen LogP contribution is -2.22. The molecule has 7 nitrogen and oxygen atoms in total. The molecule has 0 bridgehead atoms. The second kappa shape index (κ2) is 7.84. The summed E-state index contributed by atoms with van der Waals surface area (Å²) in [5.41, 5.74) is 5.05. The van der Waals surface area contributed by atoms with Crippen LogP contribution in [0.4, 0.5) is 0 Å². The number of nitrogens with zero attached hydrogens (tertiary/aromatic N) is 6. The zero-order valence-corrected chi connectivity index (χ0v) is 16.9. The fraction of sp³-hybridized carbons (Fsp3) is 0.304. The Hall–Kier alpha value is -3.32. The minimum atomic E-state index is -0.221. The number of hydrogen-bond donors (Lipinski definition) is 1. The van der Waals surface area contributed by atoms with E-state index in [2.05, 4.69) is 32.3 Å². The van der Waals surface area contributed by atoms with Gasteiger partial charge in [0.2, 0.25) is 0 Å². The van der Waals surface area contributed by atoms with Crippen molar-refractivity contribution in [2.45, 2.75) is 37.8 Å². The summed E-state index contributed by atoms with van der Waals surface area (Å²) in [6.45, 7) is 0. The topological polar surface area (TPSA) is 81.7 Å². The predicted molar refractivity (Wildman–Crippen MR) is 114 cm³/mol. The van der Waals surface area contributed by atoms with Crippen LogP contribution < -0.4 is 0 Å². The van der Waals surface area contributed by atoms with Gasteiger partial charge in [-0.1, -0.05) is 18.2 Å². The molecule has 1 saturated carbocycles. The minimum Gasteiger partial charge on any atom is -0.393 e. The van der Waals surface area contributed by atoms with E-state index in [0.29, 0.717) is 5.82 Å². The van der Waals surface area contributed by atoms with Gasteiger partial charge in [0.05, 0.1) is 24.5 Å². The number of benzene rings is 1. The molecule has 2 atom stereocenters. The first kappa shape index (κ1) is 18.7. The average molecular weight is 400 g/mol. The monoisotopic (exact) mass is 400 g/mol. The predicted octanol–water partition coefficient (Wildman–Crippen LogP) is 3.88. The lowest BCUT2D eigenvalue weighted by Gasteiger charge is -2.25. The molecule has 30 heavy (non-hydrogen) atoms. The molecule has 0 aliphatic heterocycles. The van der Waals surface area contributed by atoms with Gasteiger partial charge in [0.25, 0.3) is 0 Å². The van der Waals surface area contributed by atoms with Crippen molar-refractivity contribution in [3.8, 4) is 33.6 Å². The number of aliphatic hydroxyl groups is 1. The number of aromatic nitrogens is 6. The van der Waals surface area contributed by atoms with E-state index in [1.165, 1.54) is 0 Å². The molecule has 0 spiro atoms. The first-order valence-electron chi connectivity index (χ1n) is 10.3. The zero-order valence-electron chi connectivity index (χ0n) is 16.9. The summed E-state index contributed by atoms with van der Waals surface area (Å²) in [6, 6.07) is 8.43. The Morgan fingerprint density at radius 2 is 1.63 bits per heavy atom. The Balaban J connectivity index is 1.36. The van der Waals surface area contributed by atoms with Crippen LogP contribution in [0.1, 0.15) is 31.7 Å². The number of rotatable bonds is 4. The van der Waals surface area contributed by atoms with E-state index in [9.17, 15) is 5.11 Å². The van der Waals surface area contributed by atoms with Gasteiger partial charge >= 0.3 is 0 Å². The molecule has 152 valence electrons. The Kier molecular flexibility index (Phi) is 4.88. The van der Waals surface area contributed by atoms with E-state index in [4.69, 9.17) is 0 Å². The van der Waals surface area contributed by atoms with Crippen molar-refractivity contribution in [3.63, 3.8) is 0 Å². The second-order valence-corrected chi connectivity index (χ2v) is 7.96. The smallest absolute Gasteiger partial charge is 0.159 e. The normalized spacial score (nSPS) is 19.1. The van der Waals surface area contributed by atoms with E-state index in [0.717, 1.165) is 53.5 Å². The molecule has 1 aliphatic rings. The Labute approximate surface area is 175 Å². The molecule has 0 unspecified atom stereocenters. The molecule has 0 radical (unpaired) electrons. The standard InChI is InChI=1S/C23H24N6O/c1-28-14-19(12-26-28)16-4-2-5-17(8-16)23-24-10-18(11-25-23)20-13-27-29(15-20)21-6-3-7-22(30)9-21/h2,4-5,8,10-15,21-22,30H,3,6-7,9H2,1H3/t21-,22-/m1/s1. The first-order valence-corrected chi connectivity index (χ1v) is 10.3. The molecule has 3 aromatic heterocycles. The maximum atomic E-state index is 9.93. The average Bonchev–Trinajstić information content (AvgIpc) is 3.44. The molecular weight excluding hydrogens is 376 g/mol. The molecule has 5 rings (SSSR count). The van der Waals surface area contributed by atoms with Gasteiger partial charge in [0, 0.05) is 54.1 Å². The molecule has 1 aromatic carbocycles. The number of aliphatic hydroxyl groups excluding tert-OH is 1. The molecule has 0 saturated heterocycles. The maximum absolute atomic E-state index is 9.93. The summed E-state index contributed by atoms with van der Waals surface area (Å²) in [4.78, 5) is 9.18. The van der Waals surface area contributed by atoms with Crippen molar-refractivity contribution in [1.29, 1.82) is 0 Å². The number of hydrogen-bond acceptors (Lipinski definition) is 5. The minimum absolute atomic E-state index is 0.221. The number of aryl methyl sites for hydroxylation is 1. The quantitative estimate of drug-likeness (QED) is 0.562. The summed E-state index contributed by atoms with van der Waals surface area (Å²) in [5.74, 6) is 0.687. The molecule has 0 amide bonds. The lowest BCUT2D eigenvalue weighted by atomic mass is 9.93. The van der Waals surface area contributed by atoms with Gasteiger partial charge in [-0.2, -0.15) is 10.2 Å². The highest BCUT2D eigenvalue weighted by Crippen LogP contribution is 2.30. The summed E-state index contributed by atoms with van der Waals surface area (Å²) >= 11 is 0. The Bertz CT molecular complexity index is 1150. The van der Waals surface area contributed by atoms with Crippen LogP contribution in [0, 0.1) is 0 Å². The van der Waals surface area contributed by atoms with E-state index >= 15 is 0 Å². The van der Waals surface area contributed by atoms with Crippen molar-refractivity contribution in [2.24, 2.45) is 7.05 Å². The summed E-state index contributed by atoms with van der Waals surface area (Å²) in [5, 5.41) is 18.7. The molecule has 1 N–H and O–H groups in total. The fourth-order valence-corrected chi connectivity index (χ4v) is 4.10. The third-order valence-electron chi connectivity index (χ3n) is 5.74. The van der Waals surface area contributed by atoms with Crippen molar-refractivity contribution >= 4 is 0 Å². The van der Waals surface area contributed by atoms with Crippen LogP contribution in [-0.4, -0.2) is 40.7 Å². The van der Waals surface area contributed by atoms with Gasteiger partial charge < -0.3 is 5.11 Å². The zero-order chi connectivity index (χ0) is 20.5. The maximum Gasteiger partial charge on any atom is 0.159 e. The van der Waals surface area contributed by atoms with Crippen molar-refractivity contribution in [3.05, 3.63) is 61.4 Å². The highest BCUT2D eigenvalue weighted by molar-refractivity contribution is 5.70. The molecule has 4 aromatic rings.